The highest BCUT2D eigenvalue weighted by atomic mass is 19.4. The second kappa shape index (κ2) is 11.5. The van der Waals surface area contributed by atoms with Crippen molar-refractivity contribution in [2.45, 2.75) is 44.0 Å². The maximum Gasteiger partial charge on any atom is 0.416 e. The van der Waals surface area contributed by atoms with Crippen molar-refractivity contribution in [3.63, 3.8) is 0 Å². The van der Waals surface area contributed by atoms with Crippen molar-refractivity contribution in [2.75, 3.05) is 39.3 Å². The number of piperazine rings is 1. The molecule has 0 radical (unpaired) electrons. The van der Waals surface area contributed by atoms with Crippen LogP contribution in [0, 0.1) is 16.9 Å². The second-order valence-electron chi connectivity index (χ2n) is 9.71. The third-order valence-electron chi connectivity index (χ3n) is 7.07. The molecule has 2 saturated heterocycles. The van der Waals surface area contributed by atoms with Crippen LogP contribution in [-0.4, -0.2) is 55.6 Å². The molecule has 0 aliphatic carbocycles. The predicted molar refractivity (Wildman–Crippen MR) is 124 cm³/mol. The Kier molecular flexibility index (Phi) is 8.68. The minimum absolute atomic E-state index is 0.0724. The minimum Gasteiger partial charge on any atom is -0.785 e. The van der Waals surface area contributed by atoms with Crippen molar-refractivity contribution in [3.05, 3.63) is 75.7 Å². The summed E-state index contributed by atoms with van der Waals surface area (Å²) in [6.07, 6.45) is -11.5. The lowest BCUT2D eigenvalue weighted by molar-refractivity contribution is -0.210. The summed E-state index contributed by atoms with van der Waals surface area (Å²) in [7, 11) is 0. The van der Waals surface area contributed by atoms with Crippen molar-refractivity contribution in [3.8, 4) is 0 Å². The van der Waals surface area contributed by atoms with E-state index in [1.807, 2.05) is 0 Å². The number of nitrogens with zero attached hydrogens (tertiary/aromatic N) is 2. The third-order valence-corrected chi connectivity index (χ3v) is 7.07. The van der Waals surface area contributed by atoms with Gasteiger partial charge in [0.1, 0.15) is 5.82 Å². The van der Waals surface area contributed by atoms with Crippen LogP contribution in [0.25, 0.3) is 0 Å². The average molecular weight is 550 g/mol. The van der Waals surface area contributed by atoms with Crippen LogP contribution in [0.15, 0.2) is 42.5 Å². The smallest absolute Gasteiger partial charge is 0.416 e. The maximum absolute atomic E-state index is 13.7. The Balaban J connectivity index is 1.61. The molecule has 4 atom stereocenters. The van der Waals surface area contributed by atoms with Crippen LogP contribution >= 0.6 is 0 Å². The Morgan fingerprint density at radius 3 is 2.08 bits per heavy atom. The fourth-order valence-electron chi connectivity index (χ4n) is 5.02. The van der Waals surface area contributed by atoms with E-state index in [2.05, 4.69) is 4.90 Å². The van der Waals surface area contributed by atoms with Gasteiger partial charge in [-0.05, 0) is 73.8 Å². The molecule has 4 rings (SSSR count). The Morgan fingerprint density at radius 2 is 1.53 bits per heavy atom. The molecular weight excluding hydrogens is 521 g/mol. The number of hydrogen-bond donors (Lipinski definition) is 0. The molecule has 210 valence electrons. The summed E-state index contributed by atoms with van der Waals surface area (Å²) < 4.78 is 106. The number of hydroxylamine groups is 2. The fraction of sp³-hybridized carbons (Fsp3) is 0.538. The van der Waals surface area contributed by atoms with Gasteiger partial charge in [0, 0.05) is 25.6 Å². The highest BCUT2D eigenvalue weighted by Crippen LogP contribution is 2.41. The molecule has 38 heavy (non-hydrogen) atoms. The Bertz CT molecular complexity index is 1040. The Morgan fingerprint density at radius 1 is 0.947 bits per heavy atom. The lowest BCUT2D eigenvalue weighted by Gasteiger charge is -2.44. The van der Waals surface area contributed by atoms with Gasteiger partial charge in [-0.15, -0.1) is 0 Å². The molecule has 0 saturated carbocycles. The van der Waals surface area contributed by atoms with Crippen LogP contribution in [0.5, 0.6) is 0 Å². The average Bonchev–Trinajstić information content (AvgIpc) is 2.85. The highest BCUT2D eigenvalue weighted by molar-refractivity contribution is 5.35. The first kappa shape index (κ1) is 28.8. The van der Waals surface area contributed by atoms with Crippen LogP contribution in [0.2, 0.25) is 0 Å². The highest BCUT2D eigenvalue weighted by Gasteiger charge is 2.40. The second-order valence-corrected chi connectivity index (χ2v) is 9.71. The van der Waals surface area contributed by atoms with Crippen LogP contribution in [0.4, 0.5) is 30.7 Å². The Hall–Kier alpha value is -2.25. The van der Waals surface area contributed by atoms with Gasteiger partial charge in [0.05, 0.1) is 23.8 Å². The summed E-state index contributed by atoms with van der Waals surface area (Å²) in [5, 5.41) is 12.6. The third kappa shape index (κ3) is 7.03. The van der Waals surface area contributed by atoms with Gasteiger partial charge in [0.2, 0.25) is 0 Å². The predicted octanol–water partition coefficient (Wildman–Crippen LogP) is 6.20. The monoisotopic (exact) mass is 549 g/mol. The SMILES string of the molecule is C[C@@H](O[C@H]1OCC[C@@H](CN2CCN([O-])CC2)[C@@H]1c1ccc(F)cc1)c1cc(C(F)(F)F)cc(C(F)(F)F)c1. The molecule has 0 bridgehead atoms. The number of rotatable bonds is 6. The van der Waals surface area contributed by atoms with Gasteiger partial charge in [0.25, 0.3) is 0 Å². The van der Waals surface area contributed by atoms with E-state index < -0.39 is 47.6 Å². The van der Waals surface area contributed by atoms with E-state index >= 15 is 0 Å². The summed E-state index contributed by atoms with van der Waals surface area (Å²) in [6, 6.07) is 7.08. The summed E-state index contributed by atoms with van der Waals surface area (Å²) in [5.74, 6) is -0.995. The van der Waals surface area contributed by atoms with Gasteiger partial charge in [-0.25, -0.2) is 4.39 Å². The van der Waals surface area contributed by atoms with E-state index in [1.165, 1.54) is 19.1 Å². The molecule has 2 heterocycles. The van der Waals surface area contributed by atoms with E-state index in [1.54, 1.807) is 12.1 Å². The molecule has 0 unspecified atom stereocenters. The quantitative estimate of drug-likeness (QED) is 0.402. The molecule has 2 aliphatic rings. The topological polar surface area (TPSA) is 48.0 Å². The molecule has 2 aromatic carbocycles. The zero-order valence-corrected chi connectivity index (χ0v) is 20.6. The summed E-state index contributed by atoms with van der Waals surface area (Å²) >= 11 is 0. The standard InChI is InChI=1S/C26H28F7N2O3/c1-16(19-12-20(25(28,29)30)14-21(13-19)26(31,32)33)38-24-23(17-2-4-22(27)5-3-17)18(6-11-37-24)15-34-7-9-35(36)10-8-34/h2-5,12-14,16,18,23-24H,6-11,15H2,1H3/q-1/t16-,18+,23+,24-/m1/s1. The molecule has 0 aromatic heterocycles. The zero-order valence-electron chi connectivity index (χ0n) is 20.6. The summed E-state index contributed by atoms with van der Waals surface area (Å²) in [4.78, 5) is 2.13. The molecular formula is C26H28F7N2O3-. The number of ether oxygens (including phenoxy) is 2. The summed E-state index contributed by atoms with van der Waals surface area (Å²) in [5.41, 5.74) is -2.46. The lowest BCUT2D eigenvalue weighted by atomic mass is 9.81. The van der Waals surface area contributed by atoms with E-state index in [4.69, 9.17) is 9.47 Å². The molecule has 2 aromatic rings. The number of alkyl halides is 6. The van der Waals surface area contributed by atoms with Crippen molar-refractivity contribution >= 4 is 0 Å². The van der Waals surface area contributed by atoms with Crippen LogP contribution in [0.1, 0.15) is 47.6 Å². The van der Waals surface area contributed by atoms with Gasteiger partial charge >= 0.3 is 12.4 Å². The van der Waals surface area contributed by atoms with Gasteiger partial charge in [-0.3, -0.25) is 0 Å². The zero-order chi connectivity index (χ0) is 27.7. The molecule has 2 aliphatic heterocycles. The van der Waals surface area contributed by atoms with Crippen molar-refractivity contribution in [1.82, 2.24) is 9.96 Å². The molecule has 0 spiro atoms. The van der Waals surface area contributed by atoms with E-state index in [9.17, 15) is 35.9 Å². The first-order valence-electron chi connectivity index (χ1n) is 12.3. The normalized spacial score (nSPS) is 24.9. The number of hydrogen-bond acceptors (Lipinski definition) is 5. The largest absolute Gasteiger partial charge is 0.785 e. The molecule has 12 heteroatoms. The van der Waals surface area contributed by atoms with Crippen LogP contribution in [-0.2, 0) is 21.8 Å². The van der Waals surface area contributed by atoms with Crippen molar-refractivity contribution < 1.29 is 40.2 Å². The van der Waals surface area contributed by atoms with Gasteiger partial charge in [0.15, 0.2) is 6.29 Å². The van der Waals surface area contributed by atoms with E-state index in [0.717, 1.165) is 5.06 Å². The number of benzene rings is 2. The van der Waals surface area contributed by atoms with Gasteiger partial charge < -0.3 is 24.6 Å². The van der Waals surface area contributed by atoms with Crippen LogP contribution < -0.4 is 0 Å². The number of halogens is 7. The first-order chi connectivity index (χ1) is 17.8. The van der Waals surface area contributed by atoms with Gasteiger partial charge in [-0.2, -0.15) is 26.3 Å². The van der Waals surface area contributed by atoms with E-state index in [-0.39, 0.29) is 24.2 Å². The van der Waals surface area contributed by atoms with E-state index in [0.29, 0.717) is 56.8 Å². The fourth-order valence-corrected chi connectivity index (χ4v) is 5.02. The lowest BCUT2D eigenvalue weighted by Crippen LogP contribution is -2.48. The van der Waals surface area contributed by atoms with Crippen molar-refractivity contribution in [1.29, 1.82) is 0 Å². The van der Waals surface area contributed by atoms with Gasteiger partial charge in [-0.1, -0.05) is 12.1 Å². The summed E-state index contributed by atoms with van der Waals surface area (Å²) in [6.45, 7) is 4.05. The first-order valence-corrected chi connectivity index (χ1v) is 12.3. The van der Waals surface area contributed by atoms with Crippen molar-refractivity contribution in [2.24, 2.45) is 5.92 Å². The molecule has 0 amide bonds. The molecule has 0 N–H and O–H groups in total. The van der Waals surface area contributed by atoms with Crippen LogP contribution in [0.3, 0.4) is 0 Å². The Labute approximate surface area is 215 Å². The minimum atomic E-state index is -4.98. The molecule has 2 fully saturated rings. The maximum atomic E-state index is 13.7. The molecule has 5 nitrogen and oxygen atoms in total.